The van der Waals surface area contributed by atoms with Gasteiger partial charge in [-0.3, -0.25) is 0 Å². The zero-order chi connectivity index (χ0) is 14.5. The monoisotopic (exact) mass is 292 g/mol. The Morgan fingerprint density at radius 2 is 1.89 bits per heavy atom. The lowest BCUT2D eigenvalue weighted by Crippen LogP contribution is -2.50. The fourth-order valence-electron chi connectivity index (χ4n) is 2.56. The molecule has 1 aliphatic rings. The summed E-state index contributed by atoms with van der Waals surface area (Å²) in [4.78, 5) is 1.98. The lowest BCUT2D eigenvalue weighted by Gasteiger charge is -2.32. The minimum absolute atomic E-state index is 0.0740. The second kappa shape index (κ2) is 7.54. The van der Waals surface area contributed by atoms with Gasteiger partial charge in [0.05, 0.1) is 0 Å². The van der Waals surface area contributed by atoms with Crippen LogP contribution < -0.4 is 10.0 Å². The Morgan fingerprint density at radius 3 is 2.37 bits per heavy atom. The summed E-state index contributed by atoms with van der Waals surface area (Å²) in [7, 11) is 2.48. The number of rotatable bonds is 7. The first-order valence-corrected chi connectivity index (χ1v) is 8.36. The molecule has 2 N–H and O–H groups in total. The highest BCUT2D eigenvalue weighted by Crippen LogP contribution is 2.18. The summed E-state index contributed by atoms with van der Waals surface area (Å²) in [5.74, 6) is 0.593. The van der Waals surface area contributed by atoms with Crippen molar-refractivity contribution >= 4 is 10.2 Å². The van der Waals surface area contributed by atoms with Gasteiger partial charge in [0.2, 0.25) is 0 Å². The first-order chi connectivity index (χ1) is 8.85. The van der Waals surface area contributed by atoms with Crippen LogP contribution in [0.1, 0.15) is 19.8 Å². The van der Waals surface area contributed by atoms with Crippen molar-refractivity contribution in [2.75, 3.05) is 47.3 Å². The van der Waals surface area contributed by atoms with Crippen LogP contribution in [0.15, 0.2) is 0 Å². The molecule has 1 heterocycles. The fraction of sp³-hybridized carbons (Fsp3) is 1.00. The molecule has 1 fully saturated rings. The van der Waals surface area contributed by atoms with E-state index in [4.69, 9.17) is 0 Å². The Balaban J connectivity index is 2.46. The van der Waals surface area contributed by atoms with Gasteiger partial charge in [0.25, 0.3) is 10.2 Å². The first kappa shape index (κ1) is 16.8. The minimum Gasteiger partial charge on any atom is -0.319 e. The SMILES string of the molecule is CNCC1CCN(S(=O)(=O)NC(C)CN(C)C)CC1. The van der Waals surface area contributed by atoms with E-state index in [0.717, 1.165) is 19.4 Å². The minimum atomic E-state index is -3.33. The average molecular weight is 292 g/mol. The summed E-state index contributed by atoms with van der Waals surface area (Å²) in [6.07, 6.45) is 1.87. The predicted molar refractivity (Wildman–Crippen MR) is 78.3 cm³/mol. The van der Waals surface area contributed by atoms with E-state index in [1.807, 2.05) is 33.0 Å². The van der Waals surface area contributed by atoms with Gasteiger partial charge in [0.15, 0.2) is 0 Å². The van der Waals surface area contributed by atoms with Crippen LogP contribution in [0.25, 0.3) is 0 Å². The molecule has 0 aromatic carbocycles. The lowest BCUT2D eigenvalue weighted by molar-refractivity contribution is 0.265. The molecule has 0 aromatic rings. The molecule has 0 amide bonds. The fourth-order valence-corrected chi connectivity index (χ4v) is 3.98. The van der Waals surface area contributed by atoms with Gasteiger partial charge in [0.1, 0.15) is 0 Å². The zero-order valence-electron chi connectivity index (χ0n) is 12.5. The Bertz CT molecular complexity index is 351. The van der Waals surface area contributed by atoms with Crippen LogP contribution >= 0.6 is 0 Å². The van der Waals surface area contributed by atoms with Crippen molar-refractivity contribution in [3.63, 3.8) is 0 Å². The van der Waals surface area contributed by atoms with E-state index in [2.05, 4.69) is 10.0 Å². The Labute approximate surface area is 117 Å². The third-order valence-corrected chi connectivity index (χ3v) is 5.14. The van der Waals surface area contributed by atoms with E-state index in [0.29, 0.717) is 25.6 Å². The Hall–Kier alpha value is -0.210. The predicted octanol–water partition coefficient (Wildman–Crippen LogP) is -0.298. The summed E-state index contributed by atoms with van der Waals surface area (Å²) < 4.78 is 28.8. The maximum atomic E-state index is 12.2. The highest BCUT2D eigenvalue weighted by Gasteiger charge is 2.28. The molecular formula is C12H28N4O2S. The maximum absolute atomic E-state index is 12.2. The molecule has 0 spiro atoms. The number of nitrogens with zero attached hydrogens (tertiary/aromatic N) is 2. The zero-order valence-corrected chi connectivity index (χ0v) is 13.3. The smallest absolute Gasteiger partial charge is 0.279 e. The standard InChI is InChI=1S/C12H28N4O2S/c1-11(10-15(3)4)14-19(17,18)16-7-5-12(6-8-16)9-13-2/h11-14H,5-10H2,1-4H3. The molecule has 7 heteroatoms. The van der Waals surface area contributed by atoms with E-state index >= 15 is 0 Å². The van der Waals surface area contributed by atoms with Gasteiger partial charge in [-0.25, -0.2) is 0 Å². The molecule has 1 atom stereocenters. The van der Waals surface area contributed by atoms with Gasteiger partial charge in [-0.1, -0.05) is 0 Å². The number of piperidine rings is 1. The van der Waals surface area contributed by atoms with E-state index in [1.54, 1.807) is 4.31 Å². The van der Waals surface area contributed by atoms with Crippen LogP contribution in [-0.4, -0.2) is 71.0 Å². The summed E-state index contributed by atoms with van der Waals surface area (Å²) in [6, 6.07) is -0.0740. The van der Waals surface area contributed by atoms with Crippen LogP contribution in [0.5, 0.6) is 0 Å². The molecule has 0 bridgehead atoms. The van der Waals surface area contributed by atoms with Crippen molar-refractivity contribution in [3.05, 3.63) is 0 Å². The molecule has 6 nitrogen and oxygen atoms in total. The molecule has 114 valence electrons. The number of nitrogens with one attached hydrogen (secondary N) is 2. The molecule has 1 aliphatic heterocycles. The molecule has 1 rings (SSSR count). The molecule has 1 unspecified atom stereocenters. The third kappa shape index (κ3) is 5.74. The summed E-state index contributed by atoms with van der Waals surface area (Å²) >= 11 is 0. The van der Waals surface area contributed by atoms with Crippen molar-refractivity contribution in [3.8, 4) is 0 Å². The highest BCUT2D eigenvalue weighted by atomic mass is 32.2. The van der Waals surface area contributed by atoms with Crippen LogP contribution in [0.2, 0.25) is 0 Å². The van der Waals surface area contributed by atoms with Crippen LogP contribution in [0.3, 0.4) is 0 Å². The highest BCUT2D eigenvalue weighted by molar-refractivity contribution is 7.87. The molecule has 0 aromatic heterocycles. The second-order valence-electron chi connectivity index (χ2n) is 5.69. The topological polar surface area (TPSA) is 64.7 Å². The Morgan fingerprint density at radius 1 is 1.32 bits per heavy atom. The van der Waals surface area contributed by atoms with E-state index in [1.165, 1.54) is 0 Å². The first-order valence-electron chi connectivity index (χ1n) is 6.92. The summed E-state index contributed by atoms with van der Waals surface area (Å²) in [5.41, 5.74) is 0. The van der Waals surface area contributed by atoms with E-state index in [-0.39, 0.29) is 6.04 Å². The normalized spacial score (nSPS) is 20.9. The van der Waals surface area contributed by atoms with Crippen molar-refractivity contribution in [1.29, 1.82) is 0 Å². The van der Waals surface area contributed by atoms with Gasteiger partial charge in [-0.05, 0) is 53.4 Å². The quantitative estimate of drug-likeness (QED) is 0.676. The molecular weight excluding hydrogens is 264 g/mol. The van der Waals surface area contributed by atoms with Crippen molar-refractivity contribution < 1.29 is 8.42 Å². The molecule has 0 radical (unpaired) electrons. The van der Waals surface area contributed by atoms with Gasteiger partial charge < -0.3 is 10.2 Å². The van der Waals surface area contributed by atoms with E-state index < -0.39 is 10.2 Å². The molecule has 1 saturated heterocycles. The second-order valence-corrected chi connectivity index (χ2v) is 7.39. The largest absolute Gasteiger partial charge is 0.319 e. The summed E-state index contributed by atoms with van der Waals surface area (Å²) in [6.45, 7) is 4.81. The van der Waals surface area contributed by atoms with Crippen molar-refractivity contribution in [2.45, 2.75) is 25.8 Å². The lowest BCUT2D eigenvalue weighted by atomic mass is 9.98. The van der Waals surface area contributed by atoms with Crippen LogP contribution in [0, 0.1) is 5.92 Å². The number of hydrogen-bond acceptors (Lipinski definition) is 4. The molecule has 0 aliphatic carbocycles. The van der Waals surface area contributed by atoms with Crippen molar-refractivity contribution in [2.24, 2.45) is 5.92 Å². The van der Waals surface area contributed by atoms with Crippen molar-refractivity contribution in [1.82, 2.24) is 19.2 Å². The average Bonchev–Trinajstić information content (AvgIpc) is 2.28. The van der Waals surface area contributed by atoms with Crippen LogP contribution in [-0.2, 0) is 10.2 Å². The van der Waals surface area contributed by atoms with Gasteiger partial charge in [0, 0.05) is 25.7 Å². The Kier molecular flexibility index (Phi) is 6.68. The van der Waals surface area contributed by atoms with Gasteiger partial charge in [-0.2, -0.15) is 17.4 Å². The van der Waals surface area contributed by atoms with Gasteiger partial charge >= 0.3 is 0 Å². The number of hydrogen-bond donors (Lipinski definition) is 2. The number of likely N-dealkylation sites (N-methyl/N-ethyl adjacent to an activating group) is 1. The summed E-state index contributed by atoms with van der Waals surface area (Å²) in [5, 5.41) is 3.16. The molecule has 19 heavy (non-hydrogen) atoms. The van der Waals surface area contributed by atoms with E-state index in [9.17, 15) is 8.42 Å². The third-order valence-electron chi connectivity index (χ3n) is 3.40. The maximum Gasteiger partial charge on any atom is 0.279 e. The van der Waals surface area contributed by atoms with Crippen LogP contribution in [0.4, 0.5) is 0 Å². The van der Waals surface area contributed by atoms with Gasteiger partial charge in [-0.15, -0.1) is 0 Å². The molecule has 0 saturated carbocycles.